The first-order valence-corrected chi connectivity index (χ1v) is 8.06. The van der Waals surface area contributed by atoms with Crippen LogP contribution in [0.1, 0.15) is 24.4 Å². The van der Waals surface area contributed by atoms with E-state index in [1.165, 1.54) is 23.4 Å². The number of rotatable bonds is 4. The first-order chi connectivity index (χ1) is 12.1. The summed E-state index contributed by atoms with van der Waals surface area (Å²) in [5, 5.41) is 19.0. The van der Waals surface area contributed by atoms with Gasteiger partial charge >= 0.3 is 0 Å². The van der Waals surface area contributed by atoms with Crippen LogP contribution in [-0.4, -0.2) is 21.7 Å². The highest BCUT2D eigenvalue weighted by Gasteiger charge is 2.27. The van der Waals surface area contributed by atoms with Crippen LogP contribution in [-0.2, 0) is 6.42 Å². The van der Waals surface area contributed by atoms with Crippen LogP contribution in [0.2, 0.25) is 0 Å². The first-order valence-electron chi connectivity index (χ1n) is 8.06. The van der Waals surface area contributed by atoms with E-state index in [9.17, 15) is 10.1 Å². The van der Waals surface area contributed by atoms with E-state index in [2.05, 4.69) is 27.2 Å². The molecule has 3 aromatic rings. The molecule has 1 aromatic heterocycles. The molecular formula is C18H16N4O3. The second kappa shape index (κ2) is 6.01. The third kappa shape index (κ3) is 2.73. The van der Waals surface area contributed by atoms with Crippen LogP contribution in [0.15, 0.2) is 52.9 Å². The lowest BCUT2D eigenvalue weighted by Gasteiger charge is -2.24. The number of nitrogens with zero attached hydrogens (tertiary/aromatic N) is 4. The molecule has 0 saturated heterocycles. The maximum Gasteiger partial charge on any atom is 0.269 e. The van der Waals surface area contributed by atoms with Crippen molar-refractivity contribution >= 4 is 11.4 Å². The minimum Gasteiger partial charge on any atom is -0.418 e. The molecule has 0 N–H and O–H groups in total. The molecule has 0 spiro atoms. The van der Waals surface area contributed by atoms with Gasteiger partial charge < -0.3 is 9.32 Å². The highest BCUT2D eigenvalue weighted by atomic mass is 16.6. The maximum atomic E-state index is 10.7. The lowest BCUT2D eigenvalue weighted by Crippen LogP contribution is -2.24. The van der Waals surface area contributed by atoms with Gasteiger partial charge in [-0.25, -0.2) is 0 Å². The van der Waals surface area contributed by atoms with Gasteiger partial charge in [-0.15, -0.1) is 10.2 Å². The Hall–Kier alpha value is -3.22. The van der Waals surface area contributed by atoms with Crippen molar-refractivity contribution < 1.29 is 9.34 Å². The zero-order chi connectivity index (χ0) is 17.4. The molecule has 0 bridgehead atoms. The second-order valence-corrected chi connectivity index (χ2v) is 6.00. The van der Waals surface area contributed by atoms with Gasteiger partial charge in [0.25, 0.3) is 5.69 Å². The summed E-state index contributed by atoms with van der Waals surface area (Å²) < 4.78 is 5.83. The van der Waals surface area contributed by atoms with Crippen LogP contribution in [0.3, 0.4) is 0 Å². The van der Waals surface area contributed by atoms with Gasteiger partial charge in [0, 0.05) is 29.9 Å². The fourth-order valence-electron chi connectivity index (χ4n) is 3.15. The Morgan fingerprint density at radius 3 is 2.68 bits per heavy atom. The van der Waals surface area contributed by atoms with Crippen molar-refractivity contribution in [2.24, 2.45) is 0 Å². The molecule has 0 fully saturated rings. The van der Waals surface area contributed by atoms with Crippen molar-refractivity contribution in [3.8, 4) is 11.5 Å². The molecule has 2 heterocycles. The van der Waals surface area contributed by atoms with E-state index in [-0.39, 0.29) is 11.7 Å². The minimum absolute atomic E-state index is 0.0329. The van der Waals surface area contributed by atoms with Crippen LogP contribution < -0.4 is 4.90 Å². The zero-order valence-corrected chi connectivity index (χ0v) is 13.6. The number of hydrogen-bond acceptors (Lipinski definition) is 6. The van der Waals surface area contributed by atoms with Crippen molar-refractivity contribution in [3.05, 3.63) is 70.1 Å². The number of hydrogen-bond donors (Lipinski definition) is 0. The predicted molar refractivity (Wildman–Crippen MR) is 92.3 cm³/mol. The Bertz CT molecular complexity index is 920. The van der Waals surface area contributed by atoms with Crippen LogP contribution in [0.4, 0.5) is 11.4 Å². The van der Waals surface area contributed by atoms with Gasteiger partial charge in [0.1, 0.15) is 6.04 Å². The highest BCUT2D eigenvalue weighted by Crippen LogP contribution is 2.35. The Balaban J connectivity index is 1.58. The van der Waals surface area contributed by atoms with Crippen molar-refractivity contribution in [2.75, 3.05) is 11.4 Å². The summed E-state index contributed by atoms with van der Waals surface area (Å²) in [6.07, 6.45) is 1.00. The molecule has 4 rings (SSSR count). The topological polar surface area (TPSA) is 85.3 Å². The van der Waals surface area contributed by atoms with Crippen LogP contribution in [0.25, 0.3) is 11.5 Å². The molecule has 1 aliphatic heterocycles. The average Bonchev–Trinajstić information content (AvgIpc) is 3.29. The number of fused-ring (bicyclic) bond motifs is 1. The van der Waals surface area contributed by atoms with E-state index >= 15 is 0 Å². The molecule has 0 unspecified atom stereocenters. The summed E-state index contributed by atoms with van der Waals surface area (Å²) in [5.74, 6) is 0.897. The quantitative estimate of drug-likeness (QED) is 0.532. The number of non-ortho nitro benzene ring substituents is 1. The summed E-state index contributed by atoms with van der Waals surface area (Å²) in [5.41, 5.74) is 3.22. The van der Waals surface area contributed by atoms with Gasteiger partial charge in [0.15, 0.2) is 0 Å². The number of anilines is 1. The lowest BCUT2D eigenvalue weighted by molar-refractivity contribution is -0.384. The van der Waals surface area contributed by atoms with Gasteiger partial charge in [-0.3, -0.25) is 10.1 Å². The smallest absolute Gasteiger partial charge is 0.269 e. The third-order valence-corrected chi connectivity index (χ3v) is 4.51. The molecule has 126 valence electrons. The minimum atomic E-state index is -0.435. The second-order valence-electron chi connectivity index (χ2n) is 6.00. The summed E-state index contributed by atoms with van der Waals surface area (Å²) in [4.78, 5) is 12.6. The molecule has 25 heavy (non-hydrogen) atoms. The molecule has 1 atom stereocenters. The summed E-state index contributed by atoms with van der Waals surface area (Å²) in [6, 6.07) is 14.4. The number of nitro benzene ring substituents is 1. The SMILES string of the molecule is C[C@@H](c1nnc(-c2ccc([N+](=O)[O-])cc2)o1)N1CCc2ccccc21. The Kier molecular flexibility index (Phi) is 3.68. The van der Waals surface area contributed by atoms with Crippen molar-refractivity contribution in [1.29, 1.82) is 0 Å². The predicted octanol–water partition coefficient (Wildman–Crippen LogP) is 3.77. The molecule has 7 nitrogen and oxygen atoms in total. The Morgan fingerprint density at radius 2 is 1.92 bits per heavy atom. The summed E-state index contributed by atoms with van der Waals surface area (Å²) >= 11 is 0. The monoisotopic (exact) mass is 336 g/mol. The molecule has 0 aliphatic carbocycles. The van der Waals surface area contributed by atoms with Crippen molar-refractivity contribution in [3.63, 3.8) is 0 Å². The Morgan fingerprint density at radius 1 is 1.16 bits per heavy atom. The van der Waals surface area contributed by atoms with Gasteiger partial charge in [-0.05, 0) is 37.1 Å². The zero-order valence-electron chi connectivity index (χ0n) is 13.6. The fourth-order valence-corrected chi connectivity index (χ4v) is 3.15. The van der Waals surface area contributed by atoms with Crippen molar-refractivity contribution in [2.45, 2.75) is 19.4 Å². The fraction of sp³-hybridized carbons (Fsp3) is 0.222. The van der Waals surface area contributed by atoms with E-state index in [0.29, 0.717) is 17.3 Å². The van der Waals surface area contributed by atoms with E-state index in [1.54, 1.807) is 12.1 Å². The van der Waals surface area contributed by atoms with Gasteiger partial charge in [-0.2, -0.15) is 0 Å². The van der Waals surface area contributed by atoms with Crippen molar-refractivity contribution in [1.82, 2.24) is 10.2 Å². The summed E-state index contributed by atoms with van der Waals surface area (Å²) in [6.45, 7) is 2.95. The molecule has 2 aromatic carbocycles. The highest BCUT2D eigenvalue weighted by molar-refractivity contribution is 5.59. The van der Waals surface area contributed by atoms with Gasteiger partial charge in [-0.1, -0.05) is 18.2 Å². The number of nitro groups is 1. The number of benzene rings is 2. The number of aromatic nitrogens is 2. The van der Waals surface area contributed by atoms with Crippen LogP contribution in [0, 0.1) is 10.1 Å². The normalized spacial score (nSPS) is 14.4. The average molecular weight is 336 g/mol. The van der Waals surface area contributed by atoms with E-state index < -0.39 is 4.92 Å². The summed E-state index contributed by atoms with van der Waals surface area (Å²) in [7, 11) is 0. The Labute approximate surface area is 144 Å². The molecule has 7 heteroatoms. The number of para-hydroxylation sites is 1. The first kappa shape index (κ1) is 15.3. The molecule has 1 aliphatic rings. The third-order valence-electron chi connectivity index (χ3n) is 4.51. The molecule has 0 saturated carbocycles. The standard InChI is InChI=1S/C18H16N4O3/c1-12(21-11-10-13-4-2-3-5-16(13)21)17-19-20-18(25-17)14-6-8-15(9-7-14)22(23)24/h2-9,12H,10-11H2,1H3/t12-/m0/s1. The van der Waals surface area contributed by atoms with E-state index in [4.69, 9.17) is 4.42 Å². The molecular weight excluding hydrogens is 320 g/mol. The van der Waals surface area contributed by atoms with Gasteiger partial charge in [0.05, 0.1) is 4.92 Å². The molecule has 0 radical (unpaired) electrons. The van der Waals surface area contributed by atoms with E-state index in [0.717, 1.165) is 13.0 Å². The van der Waals surface area contributed by atoms with Crippen LogP contribution >= 0.6 is 0 Å². The maximum absolute atomic E-state index is 10.7. The molecule has 0 amide bonds. The largest absolute Gasteiger partial charge is 0.418 e. The lowest BCUT2D eigenvalue weighted by atomic mass is 10.2. The van der Waals surface area contributed by atoms with Crippen LogP contribution in [0.5, 0.6) is 0 Å². The van der Waals surface area contributed by atoms with Gasteiger partial charge in [0.2, 0.25) is 11.8 Å². The van der Waals surface area contributed by atoms with E-state index in [1.807, 2.05) is 19.1 Å².